The second kappa shape index (κ2) is 47.1. The predicted octanol–water partition coefficient (Wildman–Crippen LogP) is 37.0. The smallest absolute Gasteiger partial charge is 0.0462 e. The number of nitrogens with zero attached hydrogens (tertiary/aromatic N) is 3. The highest BCUT2D eigenvalue weighted by atomic mass is 32.1. The van der Waals surface area contributed by atoms with Gasteiger partial charge in [0.2, 0.25) is 0 Å². The van der Waals surface area contributed by atoms with Gasteiger partial charge in [0, 0.05) is 69.1 Å². The van der Waals surface area contributed by atoms with Gasteiger partial charge in [-0.2, -0.15) is 0 Å². The quantitative estimate of drug-likeness (QED) is 0.0893. The first kappa shape index (κ1) is 97.8. The molecule has 19 rings (SSSR count). The van der Waals surface area contributed by atoms with Crippen molar-refractivity contribution in [1.29, 1.82) is 0 Å². The normalized spacial score (nSPS) is 11.4. The first-order valence-electron chi connectivity index (χ1n) is 47.3. The molecule has 1 heterocycles. The van der Waals surface area contributed by atoms with Gasteiger partial charge in [-0.15, -0.1) is 11.3 Å². The number of benzene rings is 17. The summed E-state index contributed by atoms with van der Waals surface area (Å²) >= 11 is 1.87. The first-order chi connectivity index (χ1) is 65.3. The highest BCUT2D eigenvalue weighted by Gasteiger charge is 2.35. The van der Waals surface area contributed by atoms with E-state index in [-0.39, 0.29) is 5.41 Å². The number of thiophene rings is 1. The molecule has 0 N–H and O–H groups in total. The zero-order valence-electron chi connectivity index (χ0n) is 82.5. The van der Waals surface area contributed by atoms with Gasteiger partial charge in [-0.3, -0.25) is 0 Å². The summed E-state index contributed by atoms with van der Waals surface area (Å²) in [6.45, 7) is 36.9. The van der Waals surface area contributed by atoms with E-state index >= 15 is 0 Å². The molecule has 4 heteroatoms. The zero-order chi connectivity index (χ0) is 95.5. The number of hydrogen-bond acceptors (Lipinski definition) is 4. The van der Waals surface area contributed by atoms with Crippen LogP contribution in [0.25, 0.3) is 74.7 Å². The minimum Gasteiger partial charge on any atom is -0.378 e. The van der Waals surface area contributed by atoms with Crippen molar-refractivity contribution in [3.63, 3.8) is 0 Å². The molecular weight excluding hydrogens is 1650 g/mol. The van der Waals surface area contributed by atoms with Gasteiger partial charge in [0.05, 0.1) is 0 Å². The summed E-state index contributed by atoms with van der Waals surface area (Å²) in [5.41, 5.74) is 41.5. The van der Waals surface area contributed by atoms with E-state index in [1.165, 1.54) is 176 Å². The second-order valence-corrected chi connectivity index (χ2v) is 37.6. The van der Waals surface area contributed by atoms with Crippen molar-refractivity contribution in [3.8, 4) is 11.1 Å². The Morgan fingerprint density at radius 3 is 1.04 bits per heavy atom. The van der Waals surface area contributed by atoms with Crippen LogP contribution in [-0.2, 0) is 11.8 Å². The van der Waals surface area contributed by atoms with Crippen LogP contribution in [0.1, 0.15) is 160 Å². The summed E-state index contributed by atoms with van der Waals surface area (Å²) in [7, 11) is 4.11. The minimum atomic E-state index is 0.141. The van der Waals surface area contributed by atoms with Crippen LogP contribution in [0.3, 0.4) is 0 Å². The van der Waals surface area contributed by atoms with Crippen molar-refractivity contribution in [2.45, 2.75) is 130 Å². The second-order valence-electron chi connectivity index (χ2n) is 36.1. The van der Waals surface area contributed by atoms with Crippen LogP contribution in [0.15, 0.2) is 400 Å². The molecule has 0 saturated carbocycles. The van der Waals surface area contributed by atoms with Gasteiger partial charge in [-0.1, -0.05) is 377 Å². The number of allylic oxidation sites excluding steroid dienone is 1. The molecule has 0 spiro atoms. The third kappa shape index (κ3) is 26.2. The molecule has 0 radical (unpaired) electrons. The summed E-state index contributed by atoms with van der Waals surface area (Å²) in [6.07, 6.45) is 16.4. The van der Waals surface area contributed by atoms with Gasteiger partial charge in [-0.05, 0) is 344 Å². The van der Waals surface area contributed by atoms with Crippen molar-refractivity contribution in [1.82, 2.24) is 0 Å². The zero-order valence-corrected chi connectivity index (χ0v) is 83.3. The van der Waals surface area contributed by atoms with Crippen molar-refractivity contribution >= 4 is 115 Å². The third-order valence-corrected chi connectivity index (χ3v) is 26.4. The van der Waals surface area contributed by atoms with Crippen LogP contribution in [0.2, 0.25) is 0 Å². The maximum Gasteiger partial charge on any atom is 0.0462 e. The lowest BCUT2D eigenvalue weighted by molar-refractivity contribution is 0.658. The maximum absolute atomic E-state index is 2.39. The molecule has 0 saturated heterocycles. The van der Waals surface area contributed by atoms with Gasteiger partial charge in [-0.25, -0.2) is 0 Å². The molecule has 0 fully saturated rings. The SMILES string of the molecule is C(=Cc1cccc2ccccc12)c1ccc(N(c2ccccc2)c2ccccc2)cc1.C/C=C/c1cc(C)c(C)cc1C.CCc1ccc2c(c1)C(C)(C)c1cc(C)ccc1-2.CN(C)c1ccc(C=Cc2cccc3ccccc23)cc1.Cc1cc(C)c(C)cc1C.Cc1cc(C)c(C)s1.Cc1ccc(N(c2ccc(C)cc2)c2ccc(C=C(c3ccccc3)c3ccccc3)cc2)cc1. The highest BCUT2D eigenvalue weighted by Crippen LogP contribution is 2.49. The van der Waals surface area contributed by atoms with E-state index in [1.807, 2.05) is 23.5 Å². The van der Waals surface area contributed by atoms with Crippen molar-refractivity contribution < 1.29 is 0 Å². The first-order valence-corrected chi connectivity index (χ1v) is 48.1. The van der Waals surface area contributed by atoms with Gasteiger partial charge < -0.3 is 14.7 Å². The summed E-state index contributed by atoms with van der Waals surface area (Å²) in [6, 6.07) is 141. The molecule has 18 aromatic rings. The summed E-state index contributed by atoms with van der Waals surface area (Å²) in [5.74, 6) is 0. The standard InChI is InChI=1S/C34H29N.C30H23N.C20H19N.C18H20.C12H16.C10H14.C7H10S/c1-26-13-19-31(20-14-26)35(32-21-15-27(2)16-22-32)33-23-17-28(18-24-33)25-34(29-9-5-3-6-10-29)30-11-7-4-8-12-30;1-3-13-27(14-4-1)31(28-15-5-2-6-16-28)29-22-19-24(20-23-29)18-21-26-12-9-11-25-10-7-8-17-30(25)26;1-21(2)19-14-11-16(12-15-19)10-13-18-8-5-7-17-6-3-4-9-20(17)18;1-5-13-7-9-15-14-8-6-12(2)10-16(14)18(3,4)17(15)11-13;1-5-6-12-8-10(3)9(2)7-11(12)4;1-7-5-9(3)10(4)6-8(7)2;1-5-4-6(2)8-7(5)3/h3-25H,1-2H3;1-23H;3-15H,1-2H3;6-11H,5H2,1-4H3;5-8H,1-4H3;5-6H,1-4H3;4H,1-3H3/b;;;;6-5+;;. The van der Waals surface area contributed by atoms with Crippen LogP contribution in [-0.4, -0.2) is 14.1 Å². The van der Waals surface area contributed by atoms with Crippen molar-refractivity contribution in [3.05, 3.63) is 533 Å². The highest BCUT2D eigenvalue weighted by molar-refractivity contribution is 7.12. The molecule has 17 aromatic carbocycles. The molecule has 1 aliphatic carbocycles. The Morgan fingerprint density at radius 2 is 0.644 bits per heavy atom. The Hall–Kier alpha value is -14.7. The van der Waals surface area contributed by atoms with Gasteiger partial charge in [0.1, 0.15) is 0 Å². The van der Waals surface area contributed by atoms with E-state index in [9.17, 15) is 0 Å². The van der Waals surface area contributed by atoms with E-state index in [0.29, 0.717) is 0 Å². The maximum atomic E-state index is 2.39. The molecule has 0 atom stereocenters. The number of fused-ring (bicyclic) bond motifs is 5. The van der Waals surface area contributed by atoms with E-state index in [4.69, 9.17) is 0 Å². The summed E-state index contributed by atoms with van der Waals surface area (Å²) in [4.78, 5) is 9.56. The lowest BCUT2D eigenvalue weighted by Crippen LogP contribution is -2.15. The Bertz CT molecular complexity index is 6830. The lowest BCUT2D eigenvalue weighted by Gasteiger charge is -2.26. The number of rotatable bonds is 16. The minimum absolute atomic E-state index is 0.141. The third-order valence-electron chi connectivity index (χ3n) is 25.3. The van der Waals surface area contributed by atoms with Crippen LogP contribution < -0.4 is 14.7 Å². The van der Waals surface area contributed by atoms with E-state index < -0.39 is 0 Å². The van der Waals surface area contributed by atoms with Crippen LogP contribution in [0, 0.1) is 90.0 Å². The molecule has 0 bridgehead atoms. The van der Waals surface area contributed by atoms with E-state index in [1.54, 1.807) is 0 Å². The Balaban J connectivity index is 0.000000141. The lowest BCUT2D eigenvalue weighted by atomic mass is 9.81. The number of anilines is 7. The Labute approximate surface area is 810 Å². The van der Waals surface area contributed by atoms with Crippen LogP contribution >= 0.6 is 11.3 Å². The number of hydrogen-bond donors (Lipinski definition) is 0. The van der Waals surface area contributed by atoms with E-state index in [0.717, 1.165) is 40.5 Å². The summed E-state index contributed by atoms with van der Waals surface area (Å²) in [5, 5.41) is 5.11. The van der Waals surface area contributed by atoms with Gasteiger partial charge >= 0.3 is 0 Å². The van der Waals surface area contributed by atoms with Crippen molar-refractivity contribution in [2.24, 2.45) is 0 Å². The molecule has 135 heavy (non-hydrogen) atoms. The molecule has 1 aromatic heterocycles. The Morgan fingerprint density at radius 1 is 0.289 bits per heavy atom. The molecule has 0 amide bonds. The topological polar surface area (TPSA) is 9.72 Å². The fourth-order valence-corrected chi connectivity index (χ4v) is 17.9. The van der Waals surface area contributed by atoms with Crippen molar-refractivity contribution in [2.75, 3.05) is 28.8 Å². The number of para-hydroxylation sites is 2. The molecule has 676 valence electrons. The average molecular weight is 1780 g/mol. The molecule has 1 aliphatic rings. The average Bonchev–Trinajstić information content (AvgIpc) is 1.58. The molecular formula is C131H131N3S. The predicted molar refractivity (Wildman–Crippen MR) is 596 cm³/mol. The molecule has 3 nitrogen and oxygen atoms in total. The summed E-state index contributed by atoms with van der Waals surface area (Å²) < 4.78 is 0. The van der Waals surface area contributed by atoms with Crippen LogP contribution in [0.4, 0.5) is 39.8 Å². The fraction of sp³-hybridized carbons (Fsp3) is 0.160. The Kier molecular flexibility index (Phi) is 34.1. The molecule has 0 aliphatic heterocycles. The monoisotopic (exact) mass is 1780 g/mol. The fourth-order valence-electron chi connectivity index (χ4n) is 17.0. The largest absolute Gasteiger partial charge is 0.378 e. The van der Waals surface area contributed by atoms with E-state index in [2.05, 4.69) is 571 Å². The van der Waals surface area contributed by atoms with Crippen LogP contribution in [0.5, 0.6) is 0 Å². The molecule has 0 unspecified atom stereocenters. The van der Waals surface area contributed by atoms with Gasteiger partial charge in [0.25, 0.3) is 0 Å². The van der Waals surface area contributed by atoms with Gasteiger partial charge in [0.15, 0.2) is 0 Å². The number of aryl methyl sites for hydroxylation is 14.